The van der Waals surface area contributed by atoms with Gasteiger partial charge in [0.1, 0.15) is 0 Å². The van der Waals surface area contributed by atoms with Crippen LogP contribution in [0.5, 0.6) is 11.5 Å². The van der Waals surface area contributed by atoms with E-state index in [2.05, 4.69) is 10.5 Å². The van der Waals surface area contributed by atoms with Crippen molar-refractivity contribution in [2.45, 2.75) is 6.92 Å². The van der Waals surface area contributed by atoms with Crippen molar-refractivity contribution in [1.29, 1.82) is 0 Å². The van der Waals surface area contributed by atoms with Gasteiger partial charge in [-0.3, -0.25) is 5.43 Å². The maximum atomic E-state index is 6.20. The maximum absolute atomic E-state index is 6.20. The molecule has 0 saturated heterocycles. The minimum atomic E-state index is 0.477. The van der Waals surface area contributed by atoms with E-state index in [1.165, 1.54) is 0 Å². The van der Waals surface area contributed by atoms with Crippen molar-refractivity contribution in [3.63, 3.8) is 0 Å². The quantitative estimate of drug-likeness (QED) is 0.604. The molecule has 4 nitrogen and oxygen atoms in total. The van der Waals surface area contributed by atoms with E-state index in [0.29, 0.717) is 28.2 Å². The number of hydrogen-bond donors (Lipinski definition) is 1. The maximum Gasteiger partial charge on any atom is 0.179 e. The van der Waals surface area contributed by atoms with Crippen molar-refractivity contribution in [3.05, 3.63) is 52.0 Å². The zero-order chi connectivity index (χ0) is 15.9. The van der Waals surface area contributed by atoms with E-state index in [1.807, 2.05) is 19.1 Å². The number of hydrogen-bond acceptors (Lipinski definition) is 4. The Balaban J connectivity index is 2.15. The molecule has 0 spiro atoms. The Hall–Kier alpha value is -1.91. The summed E-state index contributed by atoms with van der Waals surface area (Å²) >= 11 is 12.1. The molecule has 0 aliphatic carbocycles. The van der Waals surface area contributed by atoms with Gasteiger partial charge in [0.25, 0.3) is 0 Å². The second kappa shape index (κ2) is 7.92. The Morgan fingerprint density at radius 1 is 1.23 bits per heavy atom. The van der Waals surface area contributed by atoms with Crippen LogP contribution in [-0.2, 0) is 0 Å². The minimum Gasteiger partial charge on any atom is -0.493 e. The van der Waals surface area contributed by atoms with Crippen LogP contribution in [0.2, 0.25) is 10.0 Å². The number of ether oxygens (including phenoxy) is 2. The lowest BCUT2D eigenvalue weighted by Crippen LogP contribution is -1.98. The zero-order valence-corrected chi connectivity index (χ0v) is 13.8. The van der Waals surface area contributed by atoms with E-state index in [9.17, 15) is 0 Å². The molecule has 0 aliphatic rings. The molecule has 0 radical (unpaired) electrons. The summed E-state index contributed by atoms with van der Waals surface area (Å²) in [6.45, 7) is 2.40. The van der Waals surface area contributed by atoms with Crippen molar-refractivity contribution in [3.8, 4) is 11.5 Å². The molecule has 0 bridgehead atoms. The van der Waals surface area contributed by atoms with Crippen LogP contribution >= 0.6 is 23.2 Å². The Bertz CT molecular complexity index is 675. The van der Waals surface area contributed by atoms with E-state index in [-0.39, 0.29) is 0 Å². The van der Waals surface area contributed by atoms with Crippen LogP contribution in [0.4, 0.5) is 5.69 Å². The third kappa shape index (κ3) is 4.29. The number of anilines is 1. The van der Waals surface area contributed by atoms with Crippen LogP contribution in [-0.4, -0.2) is 19.9 Å². The molecule has 2 aromatic rings. The van der Waals surface area contributed by atoms with Crippen molar-refractivity contribution in [2.24, 2.45) is 5.10 Å². The highest BCUT2D eigenvalue weighted by Crippen LogP contribution is 2.36. The first-order valence-electron chi connectivity index (χ1n) is 6.69. The lowest BCUT2D eigenvalue weighted by Gasteiger charge is -2.11. The molecule has 0 aromatic heterocycles. The molecule has 2 rings (SSSR count). The van der Waals surface area contributed by atoms with Crippen LogP contribution in [0.15, 0.2) is 41.5 Å². The summed E-state index contributed by atoms with van der Waals surface area (Å²) in [5, 5.41) is 5.28. The summed E-state index contributed by atoms with van der Waals surface area (Å²) in [7, 11) is 1.57. The lowest BCUT2D eigenvalue weighted by molar-refractivity contribution is 0.311. The molecule has 6 heteroatoms. The summed E-state index contributed by atoms with van der Waals surface area (Å²) in [5.74, 6) is 1.10. The second-order valence-corrected chi connectivity index (χ2v) is 5.19. The van der Waals surface area contributed by atoms with Crippen LogP contribution in [0.1, 0.15) is 12.5 Å². The van der Waals surface area contributed by atoms with Gasteiger partial charge in [-0.2, -0.15) is 5.10 Å². The standard InChI is InChI=1S/C16H16Cl2N2O2/c1-3-22-16-14(18)7-11(8-15(16)21-2)10-19-20-13-6-4-5-12(17)9-13/h4-10,20H,3H2,1-2H3. The topological polar surface area (TPSA) is 42.8 Å². The summed E-state index contributed by atoms with van der Waals surface area (Å²) in [6.07, 6.45) is 1.64. The fourth-order valence-electron chi connectivity index (χ4n) is 1.84. The zero-order valence-electron chi connectivity index (χ0n) is 12.3. The van der Waals surface area contributed by atoms with Gasteiger partial charge in [0.15, 0.2) is 11.5 Å². The van der Waals surface area contributed by atoms with Gasteiger partial charge in [-0.05, 0) is 42.8 Å². The lowest BCUT2D eigenvalue weighted by atomic mass is 10.2. The summed E-state index contributed by atoms with van der Waals surface area (Å²) in [5.41, 5.74) is 4.49. The molecule has 2 aromatic carbocycles. The summed E-state index contributed by atoms with van der Waals surface area (Å²) in [6, 6.07) is 10.9. The fourth-order valence-corrected chi connectivity index (χ4v) is 2.30. The Morgan fingerprint density at radius 2 is 2.05 bits per heavy atom. The van der Waals surface area contributed by atoms with Gasteiger partial charge >= 0.3 is 0 Å². The molecule has 0 saturated carbocycles. The number of rotatable bonds is 6. The molecule has 22 heavy (non-hydrogen) atoms. The SMILES string of the molecule is CCOc1c(Cl)cc(C=NNc2cccc(Cl)c2)cc1OC. The second-order valence-electron chi connectivity index (χ2n) is 4.35. The van der Waals surface area contributed by atoms with Gasteiger partial charge in [0, 0.05) is 5.02 Å². The van der Waals surface area contributed by atoms with Crippen LogP contribution in [0.3, 0.4) is 0 Å². The number of hydrazone groups is 1. The molecule has 0 atom stereocenters. The van der Waals surface area contributed by atoms with E-state index < -0.39 is 0 Å². The molecule has 0 heterocycles. The van der Waals surface area contributed by atoms with E-state index in [0.717, 1.165) is 11.3 Å². The fraction of sp³-hybridized carbons (Fsp3) is 0.188. The average molecular weight is 339 g/mol. The Labute approximate surface area is 139 Å². The first kappa shape index (κ1) is 16.5. The van der Waals surface area contributed by atoms with E-state index in [4.69, 9.17) is 32.7 Å². The normalized spacial score (nSPS) is 10.7. The number of halogens is 2. The van der Waals surface area contributed by atoms with Gasteiger partial charge in [0.2, 0.25) is 0 Å². The molecule has 1 N–H and O–H groups in total. The summed E-state index contributed by atoms with van der Waals surface area (Å²) < 4.78 is 10.8. The molecule has 0 amide bonds. The number of methoxy groups -OCH3 is 1. The van der Waals surface area contributed by atoms with Crippen LogP contribution < -0.4 is 14.9 Å². The van der Waals surface area contributed by atoms with Crippen LogP contribution in [0.25, 0.3) is 0 Å². The molecular formula is C16H16Cl2N2O2. The molecule has 0 aliphatic heterocycles. The van der Waals surface area contributed by atoms with Gasteiger partial charge in [-0.1, -0.05) is 29.3 Å². The molecular weight excluding hydrogens is 323 g/mol. The van der Waals surface area contributed by atoms with Gasteiger partial charge in [-0.25, -0.2) is 0 Å². The number of benzene rings is 2. The number of nitrogens with one attached hydrogen (secondary N) is 1. The van der Waals surface area contributed by atoms with Crippen molar-refractivity contribution < 1.29 is 9.47 Å². The summed E-state index contributed by atoms with van der Waals surface area (Å²) in [4.78, 5) is 0. The third-order valence-electron chi connectivity index (χ3n) is 2.77. The van der Waals surface area contributed by atoms with Gasteiger partial charge < -0.3 is 9.47 Å². The average Bonchev–Trinajstić information content (AvgIpc) is 2.50. The van der Waals surface area contributed by atoms with Crippen molar-refractivity contribution in [1.82, 2.24) is 0 Å². The Morgan fingerprint density at radius 3 is 2.73 bits per heavy atom. The highest BCUT2D eigenvalue weighted by atomic mass is 35.5. The predicted molar refractivity (Wildman–Crippen MR) is 91.8 cm³/mol. The van der Waals surface area contributed by atoms with Gasteiger partial charge in [-0.15, -0.1) is 0 Å². The molecule has 116 valence electrons. The largest absolute Gasteiger partial charge is 0.493 e. The molecule has 0 fully saturated rings. The van der Waals surface area contributed by atoms with Crippen molar-refractivity contribution in [2.75, 3.05) is 19.1 Å². The Kier molecular flexibility index (Phi) is 5.92. The van der Waals surface area contributed by atoms with E-state index >= 15 is 0 Å². The smallest absolute Gasteiger partial charge is 0.179 e. The minimum absolute atomic E-state index is 0.477. The van der Waals surface area contributed by atoms with Crippen molar-refractivity contribution >= 4 is 35.1 Å². The van der Waals surface area contributed by atoms with E-state index in [1.54, 1.807) is 37.6 Å². The number of nitrogens with zero attached hydrogens (tertiary/aromatic N) is 1. The molecule has 0 unspecified atom stereocenters. The first-order chi connectivity index (χ1) is 10.6. The monoisotopic (exact) mass is 338 g/mol. The van der Waals surface area contributed by atoms with Gasteiger partial charge in [0.05, 0.1) is 30.6 Å². The predicted octanol–water partition coefficient (Wildman–Crippen LogP) is 4.85. The first-order valence-corrected chi connectivity index (χ1v) is 7.44. The third-order valence-corrected chi connectivity index (χ3v) is 3.29. The highest BCUT2D eigenvalue weighted by Gasteiger charge is 2.10. The van der Waals surface area contributed by atoms with Crippen LogP contribution in [0, 0.1) is 0 Å². The highest BCUT2D eigenvalue weighted by molar-refractivity contribution is 6.32.